The Morgan fingerprint density at radius 3 is 2.51 bits per heavy atom. The lowest BCUT2D eigenvalue weighted by molar-refractivity contribution is -0.0882. The minimum Gasteiger partial charge on any atom is -0.356 e. The number of aryl methyl sites for hydroxylation is 1. The van der Waals surface area contributed by atoms with E-state index in [1.807, 2.05) is 19.1 Å². The zero-order chi connectivity index (χ0) is 26.2. The largest absolute Gasteiger partial charge is 0.455 e. The number of hydrogen-bond donors (Lipinski definition) is 2. The summed E-state index contributed by atoms with van der Waals surface area (Å²) in [6.07, 6.45) is -4.44. The number of piperazine rings is 1. The quantitative estimate of drug-likeness (QED) is 0.270. The Morgan fingerprint density at radius 2 is 1.84 bits per heavy atom. The Hall–Kier alpha value is -3.58. The van der Waals surface area contributed by atoms with E-state index in [0.717, 1.165) is 55.5 Å². The zero-order valence-corrected chi connectivity index (χ0v) is 20.6. The van der Waals surface area contributed by atoms with Crippen LogP contribution < -0.4 is 15.5 Å². The first-order valence-electron chi connectivity index (χ1n) is 11.7. The molecule has 0 saturated carbocycles. The first-order valence-corrected chi connectivity index (χ1v) is 12.5. The molecule has 13 heteroatoms. The van der Waals surface area contributed by atoms with Gasteiger partial charge in [-0.05, 0) is 42.8 Å². The third-order valence-corrected chi connectivity index (χ3v) is 7.04. The lowest BCUT2D eigenvalue weighted by Gasteiger charge is -2.28. The molecule has 2 N–H and O–H groups in total. The van der Waals surface area contributed by atoms with Gasteiger partial charge in [0.15, 0.2) is 10.8 Å². The summed E-state index contributed by atoms with van der Waals surface area (Å²) in [5.41, 5.74) is 2.26. The fourth-order valence-corrected chi connectivity index (χ4v) is 5.12. The van der Waals surface area contributed by atoms with E-state index in [1.54, 1.807) is 4.52 Å². The molecule has 1 aliphatic heterocycles. The number of benzene rings is 1. The van der Waals surface area contributed by atoms with Crippen LogP contribution in [0, 0.1) is 5.82 Å². The van der Waals surface area contributed by atoms with Gasteiger partial charge in [0, 0.05) is 31.7 Å². The van der Waals surface area contributed by atoms with Crippen LogP contribution in [-0.2, 0) is 13.0 Å². The molecule has 1 fully saturated rings. The zero-order valence-electron chi connectivity index (χ0n) is 19.8. The van der Waals surface area contributed by atoms with Crippen LogP contribution >= 0.6 is 11.3 Å². The van der Waals surface area contributed by atoms with Crippen molar-refractivity contribution in [2.24, 2.45) is 0 Å². The van der Waals surface area contributed by atoms with Gasteiger partial charge in [-0.25, -0.2) is 18.9 Å². The van der Waals surface area contributed by atoms with Crippen LogP contribution in [0.4, 0.5) is 28.5 Å². The fourth-order valence-electron chi connectivity index (χ4n) is 4.18. The number of alkyl halides is 3. The van der Waals surface area contributed by atoms with Crippen molar-refractivity contribution in [3.05, 3.63) is 58.5 Å². The third-order valence-electron chi connectivity index (χ3n) is 6.03. The van der Waals surface area contributed by atoms with Gasteiger partial charge >= 0.3 is 6.18 Å². The summed E-state index contributed by atoms with van der Waals surface area (Å²) in [4.78, 5) is 22.7. The molecular weight excluding hydrogens is 510 g/mol. The summed E-state index contributed by atoms with van der Waals surface area (Å²) in [6.45, 7) is 5.50. The second kappa shape index (κ2) is 10.1. The monoisotopic (exact) mass is 533 g/mol. The number of halogens is 4. The Labute approximate surface area is 213 Å². The number of aromatic nitrogens is 4. The van der Waals surface area contributed by atoms with Crippen molar-refractivity contribution in [2.45, 2.75) is 26.1 Å². The minimum atomic E-state index is -5.07. The van der Waals surface area contributed by atoms with Crippen molar-refractivity contribution in [3.63, 3.8) is 0 Å². The van der Waals surface area contributed by atoms with Gasteiger partial charge in [-0.3, -0.25) is 4.79 Å². The van der Waals surface area contributed by atoms with E-state index in [-0.39, 0.29) is 22.9 Å². The summed E-state index contributed by atoms with van der Waals surface area (Å²) in [7, 11) is 0. The highest BCUT2D eigenvalue weighted by Gasteiger charge is 2.42. The average Bonchev–Trinajstić information content (AvgIpc) is 3.48. The number of nitrogens with zero attached hydrogens (tertiary/aromatic N) is 5. The molecule has 0 aliphatic carbocycles. The van der Waals surface area contributed by atoms with Crippen molar-refractivity contribution in [1.82, 2.24) is 24.9 Å². The van der Waals surface area contributed by atoms with Gasteiger partial charge < -0.3 is 15.5 Å². The van der Waals surface area contributed by atoms with E-state index in [1.165, 1.54) is 12.1 Å². The van der Waals surface area contributed by atoms with Crippen LogP contribution in [0.2, 0.25) is 0 Å². The van der Waals surface area contributed by atoms with Crippen molar-refractivity contribution < 1.29 is 22.4 Å². The molecule has 4 aromatic rings. The number of imidazole rings is 1. The molecule has 194 valence electrons. The van der Waals surface area contributed by atoms with Crippen LogP contribution in [0.1, 0.15) is 28.0 Å². The summed E-state index contributed by atoms with van der Waals surface area (Å²) in [5.74, 6) is -1.74. The van der Waals surface area contributed by atoms with Gasteiger partial charge in [-0.2, -0.15) is 13.2 Å². The van der Waals surface area contributed by atoms with Gasteiger partial charge in [0.25, 0.3) is 5.78 Å². The summed E-state index contributed by atoms with van der Waals surface area (Å²) in [5, 5.41) is 11.3. The van der Waals surface area contributed by atoms with Crippen molar-refractivity contribution >= 4 is 33.7 Å². The number of carbonyl (C=O) groups is 1. The van der Waals surface area contributed by atoms with Gasteiger partial charge in [0.2, 0.25) is 0 Å². The topological polar surface area (TPSA) is 87.5 Å². The molecule has 0 bridgehead atoms. The molecule has 0 unspecified atom stereocenters. The van der Waals surface area contributed by atoms with E-state index >= 15 is 0 Å². The summed E-state index contributed by atoms with van der Waals surface area (Å²) < 4.78 is 55.0. The van der Waals surface area contributed by atoms with Crippen molar-refractivity contribution in [3.8, 4) is 11.3 Å². The maximum absolute atomic E-state index is 13.4. The molecule has 37 heavy (non-hydrogen) atoms. The Kier molecular flexibility index (Phi) is 6.82. The molecule has 1 aliphatic rings. The van der Waals surface area contributed by atoms with Crippen LogP contribution in [0.15, 0.2) is 36.4 Å². The SMILES string of the molecule is CCc1nc2ccc(N3CCNCC3)nn2c1CNc1nc(-c2ccc(F)cc2)c(C(=O)C(F)(F)F)s1. The molecule has 0 radical (unpaired) electrons. The standard InChI is InChI=1S/C24H23F4N7OS/c1-2-16-17(35-18(31-16)7-8-19(33-35)34-11-9-29-10-12-34)13-30-23-32-20(14-3-5-15(25)6-4-14)21(37-23)22(36)24(26,27)28/h3-8,29H,2,9-13H2,1H3,(H,30,32). The molecule has 8 nitrogen and oxygen atoms in total. The number of anilines is 2. The predicted octanol–water partition coefficient (Wildman–Crippen LogP) is 4.32. The number of nitrogens with one attached hydrogen (secondary N) is 2. The molecule has 0 amide bonds. The second-order valence-electron chi connectivity index (χ2n) is 8.44. The van der Waals surface area contributed by atoms with Gasteiger partial charge in [0.1, 0.15) is 16.5 Å². The third kappa shape index (κ3) is 5.14. The van der Waals surface area contributed by atoms with Gasteiger partial charge in [0.05, 0.1) is 23.6 Å². The highest BCUT2D eigenvalue weighted by atomic mass is 32.1. The second-order valence-corrected chi connectivity index (χ2v) is 9.44. The molecule has 3 aromatic heterocycles. The highest BCUT2D eigenvalue weighted by molar-refractivity contribution is 7.18. The number of hydrogen-bond acceptors (Lipinski definition) is 8. The molecule has 0 atom stereocenters. The number of ketones is 1. The maximum atomic E-state index is 13.4. The number of Topliss-reactive ketones (excluding diaryl/α,β-unsaturated/α-hetero) is 1. The highest BCUT2D eigenvalue weighted by Crippen LogP contribution is 2.36. The Balaban J connectivity index is 1.47. The molecule has 1 aromatic carbocycles. The Bertz CT molecular complexity index is 1430. The normalized spacial score (nSPS) is 14.4. The number of rotatable bonds is 7. The molecule has 4 heterocycles. The number of fused-ring (bicyclic) bond motifs is 1. The maximum Gasteiger partial charge on any atom is 0.455 e. The van der Waals surface area contributed by atoms with Crippen molar-refractivity contribution in [1.29, 1.82) is 0 Å². The summed E-state index contributed by atoms with van der Waals surface area (Å²) in [6, 6.07) is 8.62. The van der Waals surface area contributed by atoms with Crippen LogP contribution in [-0.4, -0.2) is 57.7 Å². The Morgan fingerprint density at radius 1 is 1.11 bits per heavy atom. The van der Waals surface area contributed by atoms with E-state index in [9.17, 15) is 22.4 Å². The van der Waals surface area contributed by atoms with Crippen LogP contribution in [0.5, 0.6) is 0 Å². The molecular formula is C24H23F4N7OS. The first kappa shape index (κ1) is 25.1. The first-order chi connectivity index (χ1) is 17.7. The van der Waals surface area contributed by atoms with E-state index in [2.05, 4.69) is 25.5 Å². The van der Waals surface area contributed by atoms with Gasteiger partial charge in [-0.15, -0.1) is 5.10 Å². The molecule has 1 saturated heterocycles. The van der Waals surface area contributed by atoms with Gasteiger partial charge in [-0.1, -0.05) is 18.3 Å². The minimum absolute atomic E-state index is 0.127. The lowest BCUT2D eigenvalue weighted by Crippen LogP contribution is -2.44. The van der Waals surface area contributed by atoms with E-state index in [0.29, 0.717) is 23.4 Å². The smallest absolute Gasteiger partial charge is 0.356 e. The lowest BCUT2D eigenvalue weighted by atomic mass is 10.1. The number of thiazole rings is 1. The molecule has 5 rings (SSSR count). The van der Waals surface area contributed by atoms with Crippen LogP contribution in [0.3, 0.4) is 0 Å². The van der Waals surface area contributed by atoms with E-state index in [4.69, 9.17) is 5.10 Å². The number of carbonyl (C=O) groups excluding carboxylic acids is 1. The molecule has 0 spiro atoms. The predicted molar refractivity (Wildman–Crippen MR) is 133 cm³/mol. The summed E-state index contributed by atoms with van der Waals surface area (Å²) >= 11 is 0.609. The van der Waals surface area contributed by atoms with Crippen molar-refractivity contribution in [2.75, 3.05) is 36.4 Å². The van der Waals surface area contributed by atoms with Crippen LogP contribution in [0.25, 0.3) is 16.9 Å². The average molecular weight is 534 g/mol. The van der Waals surface area contributed by atoms with E-state index < -0.39 is 22.7 Å². The fraction of sp³-hybridized carbons (Fsp3) is 0.333.